The van der Waals surface area contributed by atoms with Gasteiger partial charge in [0.1, 0.15) is 0 Å². The van der Waals surface area contributed by atoms with Gasteiger partial charge in [0.05, 0.1) is 5.56 Å². The highest BCUT2D eigenvalue weighted by Gasteiger charge is 2.31. The molecule has 0 radical (unpaired) electrons. The molecular weight excluding hydrogens is 345 g/mol. The molecule has 0 saturated carbocycles. The fourth-order valence-corrected chi connectivity index (χ4v) is 3.22. The molecule has 1 saturated heterocycles. The molecule has 1 aromatic carbocycles. The van der Waals surface area contributed by atoms with Crippen LogP contribution in [0.1, 0.15) is 49.0 Å². The lowest BCUT2D eigenvalue weighted by Crippen LogP contribution is -2.39. The van der Waals surface area contributed by atoms with E-state index in [1.165, 1.54) is 12.1 Å². The van der Waals surface area contributed by atoms with Crippen LogP contribution in [0.25, 0.3) is 0 Å². The largest absolute Gasteiger partial charge is 0.416 e. The highest BCUT2D eigenvalue weighted by atomic mass is 19.4. The third-order valence-electron chi connectivity index (χ3n) is 4.89. The number of nitrogens with zero attached hydrogens (tertiary/aromatic N) is 2. The summed E-state index contributed by atoms with van der Waals surface area (Å²) in [6, 6.07) is 4.27. The van der Waals surface area contributed by atoms with Crippen LogP contribution in [0.5, 0.6) is 0 Å². The lowest BCUT2D eigenvalue weighted by Gasteiger charge is -2.25. The molecule has 1 aliphatic heterocycles. The number of hydrogen-bond donors (Lipinski definition) is 0. The monoisotopic (exact) mass is 370 g/mol. The zero-order valence-electron chi connectivity index (χ0n) is 15.2. The first-order valence-corrected chi connectivity index (χ1v) is 9.03. The molecule has 0 N–H and O–H groups in total. The first-order chi connectivity index (χ1) is 12.3. The van der Waals surface area contributed by atoms with Gasteiger partial charge in [0.2, 0.25) is 5.91 Å². The average molecular weight is 370 g/mol. The molecule has 2 amide bonds. The molecule has 0 aromatic heterocycles. The highest BCUT2D eigenvalue weighted by Crippen LogP contribution is 2.29. The summed E-state index contributed by atoms with van der Waals surface area (Å²) in [6.45, 7) is 5.93. The molecule has 26 heavy (non-hydrogen) atoms. The summed E-state index contributed by atoms with van der Waals surface area (Å²) in [5, 5.41) is 0. The van der Waals surface area contributed by atoms with Crippen molar-refractivity contribution in [2.45, 2.75) is 39.3 Å². The van der Waals surface area contributed by atoms with E-state index < -0.39 is 11.7 Å². The van der Waals surface area contributed by atoms with Crippen molar-refractivity contribution in [3.63, 3.8) is 0 Å². The number of benzene rings is 1. The van der Waals surface area contributed by atoms with Crippen molar-refractivity contribution in [2.75, 3.05) is 26.2 Å². The quantitative estimate of drug-likeness (QED) is 0.809. The van der Waals surface area contributed by atoms with Gasteiger partial charge >= 0.3 is 6.18 Å². The third kappa shape index (κ3) is 4.77. The van der Waals surface area contributed by atoms with Crippen LogP contribution >= 0.6 is 0 Å². The number of hydrogen-bond acceptors (Lipinski definition) is 2. The van der Waals surface area contributed by atoms with Gasteiger partial charge in [-0.1, -0.05) is 13.8 Å². The van der Waals surface area contributed by atoms with Crippen LogP contribution in [-0.4, -0.2) is 47.8 Å². The Kier molecular flexibility index (Phi) is 6.67. The van der Waals surface area contributed by atoms with Gasteiger partial charge in [-0.05, 0) is 43.5 Å². The van der Waals surface area contributed by atoms with Crippen molar-refractivity contribution in [3.05, 3.63) is 35.4 Å². The minimum atomic E-state index is -4.42. The number of carbonyl (C=O) groups is 2. The predicted octanol–water partition coefficient (Wildman–Crippen LogP) is 3.82. The Morgan fingerprint density at radius 1 is 0.962 bits per heavy atom. The molecule has 0 atom stereocenters. The van der Waals surface area contributed by atoms with Gasteiger partial charge in [0, 0.05) is 37.7 Å². The van der Waals surface area contributed by atoms with E-state index in [9.17, 15) is 22.8 Å². The Bertz CT molecular complexity index is 625. The van der Waals surface area contributed by atoms with E-state index in [-0.39, 0.29) is 23.3 Å². The molecule has 0 bridgehead atoms. The van der Waals surface area contributed by atoms with E-state index in [4.69, 9.17) is 0 Å². The molecule has 0 spiro atoms. The van der Waals surface area contributed by atoms with Gasteiger partial charge in [-0.25, -0.2) is 0 Å². The molecule has 0 aliphatic carbocycles. The molecule has 1 heterocycles. The fraction of sp³-hybridized carbons (Fsp3) is 0.579. The zero-order valence-corrected chi connectivity index (χ0v) is 15.2. The average Bonchev–Trinajstić information content (AvgIpc) is 2.87. The third-order valence-corrected chi connectivity index (χ3v) is 4.89. The van der Waals surface area contributed by atoms with E-state index in [1.54, 1.807) is 9.80 Å². The van der Waals surface area contributed by atoms with Crippen LogP contribution in [0.15, 0.2) is 24.3 Å². The maximum absolute atomic E-state index is 12.6. The van der Waals surface area contributed by atoms with Crippen molar-refractivity contribution >= 4 is 11.8 Å². The number of rotatable bonds is 4. The molecular formula is C19H25F3N2O2. The smallest absolute Gasteiger partial charge is 0.341 e. The second-order valence-corrected chi connectivity index (χ2v) is 6.56. The molecule has 1 aliphatic rings. The van der Waals surface area contributed by atoms with Crippen LogP contribution in [0, 0.1) is 5.92 Å². The number of amides is 2. The highest BCUT2D eigenvalue weighted by molar-refractivity contribution is 5.94. The van der Waals surface area contributed by atoms with Crippen LogP contribution in [0.3, 0.4) is 0 Å². The molecule has 0 unspecified atom stereocenters. The molecule has 1 fully saturated rings. The summed E-state index contributed by atoms with van der Waals surface area (Å²) >= 11 is 0. The summed E-state index contributed by atoms with van der Waals surface area (Å²) in [5.41, 5.74) is -0.537. The maximum atomic E-state index is 12.6. The predicted molar refractivity (Wildman–Crippen MR) is 92.6 cm³/mol. The second-order valence-electron chi connectivity index (χ2n) is 6.56. The van der Waals surface area contributed by atoms with Gasteiger partial charge < -0.3 is 9.80 Å². The van der Waals surface area contributed by atoms with Crippen LogP contribution in [0.4, 0.5) is 13.2 Å². The fourth-order valence-electron chi connectivity index (χ4n) is 3.22. The molecule has 144 valence electrons. The minimum Gasteiger partial charge on any atom is -0.341 e. The van der Waals surface area contributed by atoms with E-state index in [2.05, 4.69) is 0 Å². The minimum absolute atomic E-state index is 0.00663. The number of carbonyl (C=O) groups excluding carboxylic acids is 2. The molecule has 2 rings (SSSR count). The zero-order chi connectivity index (χ0) is 19.3. The standard InChI is InChI=1S/C19H25F3N2O2/c1-3-14(4-2)17(25)23-10-5-11-24(13-12-23)18(26)15-6-8-16(9-7-15)19(20,21)22/h6-9,14H,3-5,10-13H2,1-2H3. The van der Waals surface area contributed by atoms with E-state index in [1.807, 2.05) is 13.8 Å². The van der Waals surface area contributed by atoms with E-state index in [0.29, 0.717) is 32.6 Å². The Hall–Kier alpha value is -2.05. The number of alkyl halides is 3. The summed E-state index contributed by atoms with van der Waals surface area (Å²) in [7, 11) is 0. The maximum Gasteiger partial charge on any atom is 0.416 e. The molecule has 1 aromatic rings. The topological polar surface area (TPSA) is 40.6 Å². The Balaban J connectivity index is 2.02. The van der Waals surface area contributed by atoms with Crippen molar-refractivity contribution in [3.8, 4) is 0 Å². The Morgan fingerprint density at radius 2 is 1.50 bits per heavy atom. The van der Waals surface area contributed by atoms with Crippen LogP contribution in [0.2, 0.25) is 0 Å². The Morgan fingerprint density at radius 3 is 2.04 bits per heavy atom. The van der Waals surface area contributed by atoms with Gasteiger partial charge in [-0.15, -0.1) is 0 Å². The summed E-state index contributed by atoms with van der Waals surface area (Å²) in [6.07, 6.45) is -2.17. The van der Waals surface area contributed by atoms with Crippen LogP contribution < -0.4 is 0 Å². The summed E-state index contributed by atoms with van der Waals surface area (Å²) in [4.78, 5) is 28.5. The van der Waals surface area contributed by atoms with Gasteiger partial charge in [0.15, 0.2) is 0 Å². The SMILES string of the molecule is CCC(CC)C(=O)N1CCCN(C(=O)c2ccc(C(F)(F)F)cc2)CC1. The van der Waals surface area contributed by atoms with Crippen LogP contribution in [-0.2, 0) is 11.0 Å². The lowest BCUT2D eigenvalue weighted by molar-refractivity contribution is -0.137. The van der Waals surface area contributed by atoms with Gasteiger partial charge in [-0.2, -0.15) is 13.2 Å². The first kappa shape index (κ1) is 20.3. The van der Waals surface area contributed by atoms with Crippen molar-refractivity contribution < 1.29 is 22.8 Å². The summed E-state index contributed by atoms with van der Waals surface area (Å²) in [5.74, 6) is -0.165. The molecule has 7 heteroatoms. The van der Waals surface area contributed by atoms with Crippen molar-refractivity contribution in [1.82, 2.24) is 9.80 Å². The van der Waals surface area contributed by atoms with E-state index in [0.717, 1.165) is 25.0 Å². The van der Waals surface area contributed by atoms with Crippen molar-refractivity contribution in [2.24, 2.45) is 5.92 Å². The van der Waals surface area contributed by atoms with Gasteiger partial charge in [0.25, 0.3) is 5.91 Å². The van der Waals surface area contributed by atoms with Crippen molar-refractivity contribution in [1.29, 1.82) is 0 Å². The second kappa shape index (κ2) is 8.56. The summed E-state index contributed by atoms with van der Waals surface area (Å²) < 4.78 is 37.9. The number of halogens is 3. The molecule has 4 nitrogen and oxygen atoms in total. The van der Waals surface area contributed by atoms with E-state index >= 15 is 0 Å². The lowest BCUT2D eigenvalue weighted by atomic mass is 10.0. The van der Waals surface area contributed by atoms with Gasteiger partial charge in [-0.3, -0.25) is 9.59 Å². The normalized spacial score (nSPS) is 15.9. The Labute approximate surface area is 152 Å². The first-order valence-electron chi connectivity index (χ1n) is 9.03.